The number of hydrogen-bond acceptors (Lipinski definition) is 5. The van der Waals surface area contributed by atoms with Gasteiger partial charge in [0, 0.05) is 18.0 Å². The third-order valence-electron chi connectivity index (χ3n) is 4.32. The number of benzene rings is 3. The molecule has 6 nitrogen and oxygen atoms in total. The van der Waals surface area contributed by atoms with Gasteiger partial charge in [-0.05, 0) is 61.0 Å². The lowest BCUT2D eigenvalue weighted by molar-refractivity contribution is -0.118. The quantitative estimate of drug-likeness (QED) is 0.549. The highest BCUT2D eigenvalue weighted by molar-refractivity contribution is 5.91. The van der Waals surface area contributed by atoms with Gasteiger partial charge in [-0.25, -0.2) is 0 Å². The average Bonchev–Trinajstić information content (AvgIpc) is 2.78. The van der Waals surface area contributed by atoms with Crippen LogP contribution in [0.5, 0.6) is 17.2 Å². The van der Waals surface area contributed by atoms with Crippen LogP contribution < -0.4 is 19.5 Å². The summed E-state index contributed by atoms with van der Waals surface area (Å²) in [7, 11) is 3.20. The second-order valence-electron chi connectivity index (χ2n) is 6.57. The summed E-state index contributed by atoms with van der Waals surface area (Å²) < 4.78 is 16.1. The van der Waals surface area contributed by atoms with Gasteiger partial charge in [-0.3, -0.25) is 9.79 Å². The van der Waals surface area contributed by atoms with E-state index < -0.39 is 0 Å². The topological polar surface area (TPSA) is 69.2 Å². The van der Waals surface area contributed by atoms with Crippen molar-refractivity contribution in [1.82, 2.24) is 0 Å². The van der Waals surface area contributed by atoms with Crippen molar-refractivity contribution in [3.8, 4) is 17.2 Å². The van der Waals surface area contributed by atoms with Gasteiger partial charge in [0.25, 0.3) is 5.91 Å². The van der Waals surface area contributed by atoms with Crippen molar-refractivity contribution in [3.05, 3.63) is 77.9 Å². The summed E-state index contributed by atoms with van der Waals surface area (Å²) in [5.41, 5.74) is 3.48. The first-order valence-corrected chi connectivity index (χ1v) is 9.43. The maximum atomic E-state index is 12.0. The first kappa shape index (κ1) is 20.9. The molecule has 1 N–H and O–H groups in total. The van der Waals surface area contributed by atoms with E-state index in [-0.39, 0.29) is 12.5 Å². The average molecular weight is 404 g/mol. The van der Waals surface area contributed by atoms with Gasteiger partial charge in [-0.15, -0.1) is 0 Å². The molecule has 6 heteroatoms. The molecule has 30 heavy (non-hydrogen) atoms. The molecule has 0 aliphatic rings. The van der Waals surface area contributed by atoms with Gasteiger partial charge in [0.2, 0.25) is 0 Å². The van der Waals surface area contributed by atoms with Crippen LogP contribution in [0.25, 0.3) is 0 Å². The standard InChI is InChI=1S/C24H24N2O4/c1-17-4-8-19(9-5-17)26-24(27)16-30-20-10-6-18(7-11-20)15-25-22-13-12-21(28-2)14-23(22)29-3/h4-15H,16H2,1-3H3,(H,26,27). The van der Waals surface area contributed by atoms with E-state index in [9.17, 15) is 4.79 Å². The minimum Gasteiger partial charge on any atom is -0.497 e. The van der Waals surface area contributed by atoms with Crippen molar-refractivity contribution in [1.29, 1.82) is 0 Å². The third kappa shape index (κ3) is 5.85. The summed E-state index contributed by atoms with van der Waals surface area (Å²) in [4.78, 5) is 16.5. The predicted molar refractivity (Wildman–Crippen MR) is 119 cm³/mol. The number of anilines is 1. The van der Waals surface area contributed by atoms with Gasteiger partial charge in [-0.2, -0.15) is 0 Å². The Balaban J connectivity index is 1.55. The number of ether oxygens (including phenoxy) is 3. The lowest BCUT2D eigenvalue weighted by Gasteiger charge is -2.08. The summed E-state index contributed by atoms with van der Waals surface area (Å²) >= 11 is 0. The molecule has 0 radical (unpaired) electrons. The zero-order valence-electron chi connectivity index (χ0n) is 17.2. The van der Waals surface area contributed by atoms with Crippen molar-refractivity contribution >= 4 is 23.5 Å². The molecule has 3 aromatic carbocycles. The van der Waals surface area contributed by atoms with E-state index in [4.69, 9.17) is 14.2 Å². The summed E-state index contributed by atoms with van der Waals surface area (Å²) in [6.45, 7) is 1.93. The first-order chi connectivity index (χ1) is 14.6. The molecule has 0 aliphatic heterocycles. The monoisotopic (exact) mass is 404 g/mol. The van der Waals surface area contributed by atoms with Crippen LogP contribution in [0, 0.1) is 6.92 Å². The van der Waals surface area contributed by atoms with Crippen LogP contribution in [0.1, 0.15) is 11.1 Å². The number of nitrogens with zero attached hydrogens (tertiary/aromatic N) is 1. The second kappa shape index (κ2) is 10.1. The van der Waals surface area contributed by atoms with Crippen LogP contribution in [-0.4, -0.2) is 32.9 Å². The minimum atomic E-state index is -0.212. The van der Waals surface area contributed by atoms with Gasteiger partial charge >= 0.3 is 0 Å². The second-order valence-corrected chi connectivity index (χ2v) is 6.57. The molecule has 154 valence electrons. The Hall–Kier alpha value is -3.80. The molecule has 0 saturated carbocycles. The van der Waals surface area contributed by atoms with Crippen LogP contribution in [-0.2, 0) is 4.79 Å². The van der Waals surface area contributed by atoms with Crippen molar-refractivity contribution in [3.63, 3.8) is 0 Å². The molecule has 3 rings (SSSR count). The Morgan fingerprint density at radius 1 is 0.933 bits per heavy atom. The molecular weight excluding hydrogens is 380 g/mol. The number of nitrogens with one attached hydrogen (secondary N) is 1. The highest BCUT2D eigenvalue weighted by atomic mass is 16.5. The lowest BCUT2D eigenvalue weighted by atomic mass is 10.2. The highest BCUT2D eigenvalue weighted by Crippen LogP contribution is 2.31. The number of aliphatic imine (C=N–C) groups is 1. The van der Waals surface area contributed by atoms with E-state index in [0.717, 1.165) is 16.8 Å². The number of aryl methyl sites for hydroxylation is 1. The van der Waals surface area contributed by atoms with Crippen molar-refractivity contribution in [2.24, 2.45) is 4.99 Å². The van der Waals surface area contributed by atoms with Crippen molar-refractivity contribution in [2.75, 3.05) is 26.1 Å². The molecule has 0 aromatic heterocycles. The van der Waals surface area contributed by atoms with E-state index >= 15 is 0 Å². The SMILES string of the molecule is COc1ccc(N=Cc2ccc(OCC(=O)Nc3ccc(C)cc3)cc2)c(OC)c1. The van der Waals surface area contributed by atoms with Gasteiger partial charge < -0.3 is 19.5 Å². The highest BCUT2D eigenvalue weighted by Gasteiger charge is 2.05. The van der Waals surface area contributed by atoms with Gasteiger partial charge in [0.05, 0.1) is 14.2 Å². The van der Waals surface area contributed by atoms with E-state index in [0.29, 0.717) is 22.9 Å². The molecule has 1 amide bonds. The maximum absolute atomic E-state index is 12.0. The number of hydrogen-bond donors (Lipinski definition) is 1. The molecule has 0 unspecified atom stereocenters. The number of amides is 1. The first-order valence-electron chi connectivity index (χ1n) is 9.43. The molecule has 0 heterocycles. The van der Waals surface area contributed by atoms with Crippen molar-refractivity contribution < 1.29 is 19.0 Å². The third-order valence-corrected chi connectivity index (χ3v) is 4.32. The Labute approximate surface area is 176 Å². The molecule has 3 aromatic rings. The maximum Gasteiger partial charge on any atom is 0.262 e. The van der Waals surface area contributed by atoms with Crippen LogP contribution >= 0.6 is 0 Å². The smallest absolute Gasteiger partial charge is 0.262 e. The summed E-state index contributed by atoms with van der Waals surface area (Å²) in [6.07, 6.45) is 1.73. The molecule has 0 atom stereocenters. The zero-order chi connectivity index (χ0) is 21.3. The molecule has 0 fully saturated rings. The number of carbonyl (C=O) groups is 1. The summed E-state index contributed by atoms with van der Waals surface area (Å²) in [6, 6.07) is 20.4. The summed E-state index contributed by atoms with van der Waals surface area (Å²) in [5.74, 6) is 1.73. The molecule has 0 spiro atoms. The van der Waals surface area contributed by atoms with Gasteiger partial charge in [0.15, 0.2) is 6.61 Å². The molecule has 0 saturated heterocycles. The Morgan fingerprint density at radius 3 is 2.30 bits per heavy atom. The zero-order valence-corrected chi connectivity index (χ0v) is 17.2. The summed E-state index contributed by atoms with van der Waals surface area (Å²) in [5, 5.41) is 2.80. The van der Waals surface area contributed by atoms with E-state index in [2.05, 4.69) is 10.3 Å². The van der Waals surface area contributed by atoms with E-state index in [1.165, 1.54) is 0 Å². The fourth-order valence-electron chi connectivity index (χ4n) is 2.67. The van der Waals surface area contributed by atoms with Gasteiger partial charge in [0.1, 0.15) is 22.9 Å². The van der Waals surface area contributed by atoms with Crippen LogP contribution in [0.3, 0.4) is 0 Å². The fraction of sp³-hybridized carbons (Fsp3) is 0.167. The lowest BCUT2D eigenvalue weighted by Crippen LogP contribution is -2.20. The molecule has 0 aliphatic carbocycles. The van der Waals surface area contributed by atoms with Gasteiger partial charge in [-0.1, -0.05) is 17.7 Å². The van der Waals surface area contributed by atoms with Crippen LogP contribution in [0.4, 0.5) is 11.4 Å². The Morgan fingerprint density at radius 2 is 1.63 bits per heavy atom. The minimum absolute atomic E-state index is 0.0651. The number of carbonyl (C=O) groups excluding carboxylic acids is 1. The normalized spacial score (nSPS) is 10.6. The van der Waals surface area contributed by atoms with Crippen LogP contribution in [0.2, 0.25) is 0 Å². The molecular formula is C24H24N2O4. The Kier molecular flexibility index (Phi) is 7.05. The largest absolute Gasteiger partial charge is 0.497 e. The van der Waals surface area contributed by atoms with Crippen molar-refractivity contribution in [2.45, 2.75) is 6.92 Å². The fourth-order valence-corrected chi connectivity index (χ4v) is 2.67. The van der Waals surface area contributed by atoms with E-state index in [1.54, 1.807) is 38.6 Å². The number of methoxy groups -OCH3 is 2. The molecule has 0 bridgehead atoms. The van der Waals surface area contributed by atoms with E-state index in [1.807, 2.05) is 55.5 Å². The number of rotatable bonds is 8. The predicted octanol–water partition coefficient (Wildman–Crippen LogP) is 4.78. The Bertz CT molecular complexity index is 1010. The van der Waals surface area contributed by atoms with Crippen LogP contribution in [0.15, 0.2) is 71.7 Å².